The molecule has 3 heteroatoms. The van der Waals surface area contributed by atoms with Crippen LogP contribution in [0, 0.1) is 0 Å². The Morgan fingerprint density at radius 3 is 2.46 bits per heavy atom. The van der Waals surface area contributed by atoms with Crippen LogP contribution in [0.15, 0.2) is 91.1 Å². The summed E-state index contributed by atoms with van der Waals surface area (Å²) in [5.74, 6) is -0.102. The van der Waals surface area contributed by atoms with Crippen molar-refractivity contribution in [1.29, 1.82) is 0 Å². The smallest absolute Gasteiger partial charge is 0.256 e. The van der Waals surface area contributed by atoms with Crippen molar-refractivity contribution in [3.8, 4) is 22.4 Å². The summed E-state index contributed by atoms with van der Waals surface area (Å²) < 4.78 is 0. The molecular weight excluding hydrogens is 344 g/mol. The number of nitrogens with zero attached hydrogens (tertiary/aromatic N) is 1. The predicted octanol–water partition coefficient (Wildman–Crippen LogP) is 5.57. The van der Waals surface area contributed by atoms with Gasteiger partial charge >= 0.3 is 0 Å². The minimum atomic E-state index is -0.102. The van der Waals surface area contributed by atoms with Gasteiger partial charge in [-0.1, -0.05) is 66.7 Å². The van der Waals surface area contributed by atoms with Crippen LogP contribution in [-0.4, -0.2) is 10.9 Å². The standard InChI is InChI=1S/C25H18N2O/c28-25(27-23-14-7-15-26-24(23)17-8-2-1-3-9-17)21-13-6-12-20-19-11-5-4-10-18(19)16-22(20)21/h1-15H,16H2,(H,27,28). The summed E-state index contributed by atoms with van der Waals surface area (Å²) in [6, 6.07) is 27.9. The van der Waals surface area contributed by atoms with E-state index in [1.807, 2.05) is 66.7 Å². The van der Waals surface area contributed by atoms with E-state index in [1.54, 1.807) is 6.20 Å². The van der Waals surface area contributed by atoms with Crippen LogP contribution in [0.1, 0.15) is 21.5 Å². The largest absolute Gasteiger partial charge is 0.320 e. The summed E-state index contributed by atoms with van der Waals surface area (Å²) in [4.78, 5) is 17.7. The van der Waals surface area contributed by atoms with Crippen LogP contribution in [0.5, 0.6) is 0 Å². The Morgan fingerprint density at radius 1 is 0.786 bits per heavy atom. The second-order valence-corrected chi connectivity index (χ2v) is 6.89. The molecule has 0 bridgehead atoms. The Labute approximate surface area is 163 Å². The molecule has 134 valence electrons. The lowest BCUT2D eigenvalue weighted by molar-refractivity contribution is 0.102. The van der Waals surface area contributed by atoms with Crippen molar-refractivity contribution in [2.75, 3.05) is 5.32 Å². The Kier molecular flexibility index (Phi) is 3.99. The third-order valence-electron chi connectivity index (χ3n) is 5.20. The minimum Gasteiger partial charge on any atom is -0.320 e. The SMILES string of the molecule is O=C(Nc1cccnc1-c1ccccc1)c1cccc2c1Cc1ccccc1-2. The van der Waals surface area contributed by atoms with Crippen molar-refractivity contribution in [3.05, 3.63) is 108 Å². The van der Waals surface area contributed by atoms with Crippen LogP contribution in [0.25, 0.3) is 22.4 Å². The first-order valence-electron chi connectivity index (χ1n) is 9.33. The van der Waals surface area contributed by atoms with Gasteiger partial charge in [0.15, 0.2) is 0 Å². The molecule has 0 radical (unpaired) electrons. The highest BCUT2D eigenvalue weighted by molar-refractivity contribution is 6.08. The van der Waals surface area contributed by atoms with Crippen molar-refractivity contribution < 1.29 is 4.79 Å². The molecule has 28 heavy (non-hydrogen) atoms. The molecular formula is C25H18N2O. The molecule has 0 aliphatic heterocycles. The first-order valence-corrected chi connectivity index (χ1v) is 9.33. The Bertz CT molecular complexity index is 1180. The maximum absolute atomic E-state index is 13.2. The maximum atomic E-state index is 13.2. The number of aromatic nitrogens is 1. The van der Waals surface area contributed by atoms with Crippen molar-refractivity contribution >= 4 is 11.6 Å². The lowest BCUT2D eigenvalue weighted by Crippen LogP contribution is -2.15. The summed E-state index contributed by atoms with van der Waals surface area (Å²) in [6.45, 7) is 0. The number of benzene rings is 3. The lowest BCUT2D eigenvalue weighted by atomic mass is 10.0. The van der Waals surface area contributed by atoms with Gasteiger partial charge in [-0.05, 0) is 46.9 Å². The second-order valence-electron chi connectivity index (χ2n) is 6.89. The molecule has 1 aliphatic rings. The van der Waals surface area contributed by atoms with E-state index in [2.05, 4.69) is 28.5 Å². The first kappa shape index (κ1) is 16.5. The summed E-state index contributed by atoms with van der Waals surface area (Å²) in [5.41, 5.74) is 7.91. The highest BCUT2D eigenvalue weighted by Gasteiger charge is 2.23. The van der Waals surface area contributed by atoms with Gasteiger partial charge in [-0.15, -0.1) is 0 Å². The maximum Gasteiger partial charge on any atom is 0.256 e. The molecule has 1 aliphatic carbocycles. The molecule has 5 rings (SSSR count). The van der Waals surface area contributed by atoms with E-state index in [0.29, 0.717) is 5.69 Å². The molecule has 0 unspecified atom stereocenters. The van der Waals surface area contributed by atoms with Gasteiger partial charge < -0.3 is 5.32 Å². The van der Waals surface area contributed by atoms with E-state index >= 15 is 0 Å². The fourth-order valence-electron chi connectivity index (χ4n) is 3.89. The Hall–Kier alpha value is -3.72. The van der Waals surface area contributed by atoms with Gasteiger partial charge in [0.1, 0.15) is 0 Å². The lowest BCUT2D eigenvalue weighted by Gasteiger charge is -2.12. The molecule has 1 aromatic heterocycles. The third-order valence-corrected chi connectivity index (χ3v) is 5.20. The van der Waals surface area contributed by atoms with Crippen molar-refractivity contribution in [2.24, 2.45) is 0 Å². The average molecular weight is 362 g/mol. The summed E-state index contributed by atoms with van der Waals surface area (Å²) in [5, 5.41) is 3.08. The van der Waals surface area contributed by atoms with Crippen LogP contribution >= 0.6 is 0 Å². The molecule has 3 nitrogen and oxygen atoms in total. The first-order chi connectivity index (χ1) is 13.8. The van der Waals surface area contributed by atoms with Gasteiger partial charge in [-0.2, -0.15) is 0 Å². The number of nitrogens with one attached hydrogen (secondary N) is 1. The van der Waals surface area contributed by atoms with Crippen LogP contribution in [0.4, 0.5) is 5.69 Å². The summed E-state index contributed by atoms with van der Waals surface area (Å²) in [7, 11) is 0. The molecule has 0 saturated carbocycles. The van der Waals surface area contributed by atoms with E-state index < -0.39 is 0 Å². The van der Waals surface area contributed by atoms with Crippen LogP contribution in [0.3, 0.4) is 0 Å². The number of hydrogen-bond acceptors (Lipinski definition) is 2. The quantitative estimate of drug-likeness (QED) is 0.456. The molecule has 0 atom stereocenters. The zero-order chi connectivity index (χ0) is 18.9. The molecule has 1 N–H and O–H groups in total. The van der Waals surface area contributed by atoms with Crippen molar-refractivity contribution in [2.45, 2.75) is 6.42 Å². The van der Waals surface area contributed by atoms with Crippen LogP contribution in [-0.2, 0) is 6.42 Å². The zero-order valence-corrected chi connectivity index (χ0v) is 15.2. The fraction of sp³-hybridized carbons (Fsp3) is 0.0400. The second kappa shape index (κ2) is 6.78. The normalized spacial score (nSPS) is 11.6. The molecule has 1 amide bonds. The van der Waals surface area contributed by atoms with Crippen LogP contribution in [0.2, 0.25) is 0 Å². The fourth-order valence-corrected chi connectivity index (χ4v) is 3.89. The zero-order valence-electron chi connectivity index (χ0n) is 15.2. The van der Waals surface area contributed by atoms with Gasteiger partial charge in [0, 0.05) is 17.3 Å². The van der Waals surface area contributed by atoms with E-state index in [1.165, 1.54) is 11.1 Å². The van der Waals surface area contributed by atoms with E-state index in [9.17, 15) is 4.79 Å². The number of anilines is 1. The third kappa shape index (κ3) is 2.78. The average Bonchev–Trinajstić information content (AvgIpc) is 3.13. The number of fused-ring (bicyclic) bond motifs is 3. The highest BCUT2D eigenvalue weighted by atomic mass is 16.1. The minimum absolute atomic E-state index is 0.102. The van der Waals surface area contributed by atoms with Gasteiger partial charge in [0.2, 0.25) is 0 Å². The molecule has 0 spiro atoms. The molecule has 1 heterocycles. The van der Waals surface area contributed by atoms with Gasteiger partial charge in [-0.3, -0.25) is 9.78 Å². The number of amides is 1. The van der Waals surface area contributed by atoms with Crippen LogP contribution < -0.4 is 5.32 Å². The van der Waals surface area contributed by atoms with E-state index in [0.717, 1.165) is 34.4 Å². The van der Waals surface area contributed by atoms with Gasteiger partial charge in [0.25, 0.3) is 5.91 Å². The predicted molar refractivity (Wildman–Crippen MR) is 112 cm³/mol. The number of hydrogen-bond donors (Lipinski definition) is 1. The van der Waals surface area contributed by atoms with Crippen molar-refractivity contribution in [1.82, 2.24) is 4.98 Å². The molecule has 0 fully saturated rings. The molecule has 0 saturated heterocycles. The topological polar surface area (TPSA) is 42.0 Å². The van der Waals surface area contributed by atoms with E-state index in [4.69, 9.17) is 0 Å². The Balaban J connectivity index is 1.51. The van der Waals surface area contributed by atoms with Crippen molar-refractivity contribution in [3.63, 3.8) is 0 Å². The summed E-state index contributed by atoms with van der Waals surface area (Å²) in [6.07, 6.45) is 2.53. The number of rotatable bonds is 3. The monoisotopic (exact) mass is 362 g/mol. The number of carbonyl (C=O) groups excluding carboxylic acids is 1. The summed E-state index contributed by atoms with van der Waals surface area (Å²) >= 11 is 0. The number of pyridine rings is 1. The molecule has 3 aromatic carbocycles. The highest BCUT2D eigenvalue weighted by Crippen LogP contribution is 2.38. The molecule has 4 aromatic rings. The number of carbonyl (C=O) groups is 1. The van der Waals surface area contributed by atoms with E-state index in [-0.39, 0.29) is 5.91 Å². The Morgan fingerprint density at radius 2 is 1.57 bits per heavy atom. The van der Waals surface area contributed by atoms with Gasteiger partial charge in [-0.25, -0.2) is 0 Å². The van der Waals surface area contributed by atoms with Gasteiger partial charge in [0.05, 0.1) is 11.4 Å².